The number of phosphoric ester groups is 1. The van der Waals surface area contributed by atoms with E-state index in [1.54, 1.807) is 6.08 Å². The van der Waals surface area contributed by atoms with Crippen molar-refractivity contribution in [2.45, 2.75) is 353 Å². The second-order valence-corrected chi connectivity index (χ2v) is 25.7. The van der Waals surface area contributed by atoms with Crippen LogP contribution in [0, 0.1) is 0 Å². The number of hydrogen-bond donors (Lipinski definition) is 3. The molecule has 3 atom stereocenters. The predicted molar refractivity (Wildman–Crippen MR) is 328 cm³/mol. The van der Waals surface area contributed by atoms with Gasteiger partial charge >= 0.3 is 7.82 Å². The van der Waals surface area contributed by atoms with Crippen molar-refractivity contribution in [3.8, 4) is 0 Å². The smallest absolute Gasteiger partial charge is 0.387 e. The number of allylic oxidation sites excluding steroid dienone is 3. The quantitative estimate of drug-likeness (QED) is 0.0243. The fourth-order valence-electron chi connectivity index (χ4n) is 10.2. The molecule has 446 valence electrons. The number of amides is 1. The van der Waals surface area contributed by atoms with E-state index in [1.807, 2.05) is 27.2 Å². The Bertz CT molecular complexity index is 1270. The van der Waals surface area contributed by atoms with E-state index in [4.69, 9.17) is 9.05 Å². The van der Waals surface area contributed by atoms with Gasteiger partial charge in [-0.3, -0.25) is 13.8 Å². The third-order valence-electron chi connectivity index (χ3n) is 15.4. The fourth-order valence-corrected chi connectivity index (χ4v) is 11.0. The van der Waals surface area contributed by atoms with Gasteiger partial charge in [0, 0.05) is 6.42 Å². The van der Waals surface area contributed by atoms with Crippen molar-refractivity contribution in [3.05, 3.63) is 24.3 Å². The highest BCUT2D eigenvalue weighted by molar-refractivity contribution is 7.47. The average Bonchev–Trinajstić information content (AvgIpc) is 3.37. The van der Waals surface area contributed by atoms with Crippen molar-refractivity contribution in [1.82, 2.24) is 5.32 Å². The lowest BCUT2D eigenvalue weighted by atomic mass is 10.0. The van der Waals surface area contributed by atoms with Gasteiger partial charge in [0.15, 0.2) is 0 Å². The predicted octanol–water partition coefficient (Wildman–Crippen LogP) is 20.7. The Morgan fingerprint density at radius 1 is 0.440 bits per heavy atom. The van der Waals surface area contributed by atoms with Crippen LogP contribution in [0.25, 0.3) is 0 Å². The summed E-state index contributed by atoms with van der Waals surface area (Å²) in [6.07, 6.45) is 74.7. The molecule has 0 aromatic heterocycles. The van der Waals surface area contributed by atoms with Crippen LogP contribution in [-0.2, 0) is 18.4 Å². The summed E-state index contributed by atoms with van der Waals surface area (Å²) in [4.78, 5) is 23.4. The molecule has 0 fully saturated rings. The molecule has 8 nitrogen and oxygen atoms in total. The maximum absolute atomic E-state index is 13.0. The van der Waals surface area contributed by atoms with Gasteiger partial charge in [0.05, 0.1) is 39.9 Å². The lowest BCUT2D eigenvalue weighted by Gasteiger charge is -2.25. The summed E-state index contributed by atoms with van der Waals surface area (Å²) in [6, 6.07) is -0.861. The van der Waals surface area contributed by atoms with Crippen molar-refractivity contribution < 1.29 is 32.9 Å². The summed E-state index contributed by atoms with van der Waals surface area (Å²) >= 11 is 0. The maximum Gasteiger partial charge on any atom is 0.472 e. The zero-order valence-electron chi connectivity index (χ0n) is 51.1. The first-order valence-electron chi connectivity index (χ1n) is 33.2. The third kappa shape index (κ3) is 60.5. The molecule has 0 aliphatic carbocycles. The molecule has 0 aliphatic heterocycles. The molecule has 0 saturated carbocycles. The van der Waals surface area contributed by atoms with Gasteiger partial charge in [0.25, 0.3) is 0 Å². The van der Waals surface area contributed by atoms with E-state index in [1.165, 1.54) is 283 Å². The molecule has 0 aromatic rings. The summed E-state index contributed by atoms with van der Waals surface area (Å²) in [5, 5.41) is 14.0. The molecular weight excluding hydrogens is 948 g/mol. The molecule has 3 N–H and O–H groups in total. The number of aliphatic hydroxyl groups excluding tert-OH is 1. The standard InChI is InChI=1S/C66H131N2O6P/c1-6-8-10-12-14-16-18-20-22-24-26-28-29-30-31-32-33-34-35-36-37-38-40-41-43-45-47-49-51-53-55-57-59-65(69)64(63-74-75(71,72)73-62-61-68(3,4)5)67-66(70)60-58-56-54-52-50-48-46-44-42-39-27-25-23-21-19-17-15-13-11-9-7-2/h49,51,57,59,64-65,69H,6-48,50,52-56,58,60-63H2,1-5H3,(H-,67,70,71,72)/p+1/b51-49+,59-57+. The number of carbonyl (C=O) groups is 1. The number of rotatable bonds is 62. The van der Waals surface area contributed by atoms with Gasteiger partial charge in [0.1, 0.15) is 13.2 Å². The van der Waals surface area contributed by atoms with E-state index in [2.05, 4.69) is 31.3 Å². The molecule has 1 amide bonds. The topological polar surface area (TPSA) is 105 Å². The molecule has 9 heteroatoms. The van der Waals surface area contributed by atoms with Gasteiger partial charge in [-0.05, 0) is 32.1 Å². The first-order chi connectivity index (χ1) is 36.5. The second kappa shape index (κ2) is 57.7. The highest BCUT2D eigenvalue weighted by Crippen LogP contribution is 2.43. The Morgan fingerprint density at radius 3 is 1.07 bits per heavy atom. The Kier molecular flexibility index (Phi) is 56.9. The maximum atomic E-state index is 13.0. The van der Waals surface area contributed by atoms with E-state index >= 15 is 0 Å². The fraction of sp³-hybridized carbons (Fsp3) is 0.924. The molecule has 0 bridgehead atoms. The number of aliphatic hydroxyl groups is 1. The molecule has 0 aromatic carbocycles. The van der Waals surface area contributed by atoms with Crippen LogP contribution in [0.15, 0.2) is 24.3 Å². The van der Waals surface area contributed by atoms with E-state index < -0.39 is 20.0 Å². The Labute approximate surface area is 468 Å². The summed E-state index contributed by atoms with van der Waals surface area (Å²) < 4.78 is 23.8. The van der Waals surface area contributed by atoms with Crippen LogP contribution in [0.1, 0.15) is 341 Å². The minimum atomic E-state index is -4.36. The molecule has 0 rings (SSSR count). The van der Waals surface area contributed by atoms with Crippen molar-refractivity contribution >= 4 is 13.7 Å². The summed E-state index contributed by atoms with van der Waals surface area (Å²) in [7, 11) is 1.57. The molecule has 3 unspecified atom stereocenters. The third-order valence-corrected chi connectivity index (χ3v) is 16.4. The first-order valence-corrected chi connectivity index (χ1v) is 34.7. The molecule has 0 spiro atoms. The molecule has 0 radical (unpaired) electrons. The monoisotopic (exact) mass is 1080 g/mol. The summed E-state index contributed by atoms with van der Waals surface area (Å²) in [6.45, 7) is 4.86. The number of unbranched alkanes of at least 4 members (excludes halogenated alkanes) is 47. The highest BCUT2D eigenvalue weighted by Gasteiger charge is 2.28. The number of nitrogens with one attached hydrogen (secondary N) is 1. The van der Waals surface area contributed by atoms with Crippen LogP contribution in [0.2, 0.25) is 0 Å². The number of phosphoric acid groups is 1. The van der Waals surface area contributed by atoms with Gasteiger partial charge < -0.3 is 19.8 Å². The number of carbonyl (C=O) groups excluding carboxylic acids is 1. The van der Waals surface area contributed by atoms with Crippen LogP contribution in [0.3, 0.4) is 0 Å². The minimum absolute atomic E-state index is 0.0590. The van der Waals surface area contributed by atoms with Crippen molar-refractivity contribution in [1.29, 1.82) is 0 Å². The van der Waals surface area contributed by atoms with E-state index in [9.17, 15) is 19.4 Å². The number of quaternary nitrogens is 1. The normalized spacial score (nSPS) is 13.9. The molecular formula is C66H132N2O6P+. The van der Waals surface area contributed by atoms with Crippen LogP contribution in [0.4, 0.5) is 0 Å². The Morgan fingerprint density at radius 2 is 0.733 bits per heavy atom. The Balaban J connectivity index is 4.09. The summed E-state index contributed by atoms with van der Waals surface area (Å²) in [5.74, 6) is -0.179. The molecule has 75 heavy (non-hydrogen) atoms. The van der Waals surface area contributed by atoms with Crippen LogP contribution in [-0.4, -0.2) is 73.4 Å². The van der Waals surface area contributed by atoms with Gasteiger partial charge in [-0.2, -0.15) is 0 Å². The van der Waals surface area contributed by atoms with Crippen molar-refractivity contribution in [3.63, 3.8) is 0 Å². The zero-order chi connectivity index (χ0) is 54.9. The molecule has 0 saturated heterocycles. The second-order valence-electron chi connectivity index (χ2n) is 24.2. The lowest BCUT2D eigenvalue weighted by molar-refractivity contribution is -0.870. The van der Waals surface area contributed by atoms with E-state index in [-0.39, 0.29) is 19.1 Å². The number of hydrogen-bond acceptors (Lipinski definition) is 5. The summed E-state index contributed by atoms with van der Waals surface area (Å²) in [5.41, 5.74) is 0. The van der Waals surface area contributed by atoms with Gasteiger partial charge in [-0.1, -0.05) is 327 Å². The van der Waals surface area contributed by atoms with Crippen LogP contribution in [0.5, 0.6) is 0 Å². The Hall–Kier alpha value is -1.02. The lowest BCUT2D eigenvalue weighted by Crippen LogP contribution is -2.45. The van der Waals surface area contributed by atoms with Crippen molar-refractivity contribution in [2.24, 2.45) is 0 Å². The average molecular weight is 1080 g/mol. The zero-order valence-corrected chi connectivity index (χ0v) is 52.0. The minimum Gasteiger partial charge on any atom is -0.387 e. The van der Waals surface area contributed by atoms with Crippen LogP contribution < -0.4 is 5.32 Å². The largest absolute Gasteiger partial charge is 0.472 e. The van der Waals surface area contributed by atoms with Gasteiger partial charge in [0.2, 0.25) is 5.91 Å². The van der Waals surface area contributed by atoms with Crippen molar-refractivity contribution in [2.75, 3.05) is 40.9 Å². The van der Waals surface area contributed by atoms with Gasteiger partial charge in [-0.25, -0.2) is 4.57 Å². The SMILES string of the molecule is CCCCCCCCCCCCCCCCCCCCCCCCCCCC/C=C/CC/C=C/C(O)C(COP(=O)(O)OCC[N+](C)(C)C)NC(=O)CCCCCCCCCCCCCCCCCCCCCCC. The molecule has 0 aliphatic rings. The van der Waals surface area contributed by atoms with E-state index in [0.29, 0.717) is 17.4 Å². The number of nitrogens with zero attached hydrogens (tertiary/aromatic N) is 1. The van der Waals surface area contributed by atoms with Gasteiger partial charge in [-0.15, -0.1) is 0 Å². The van der Waals surface area contributed by atoms with E-state index in [0.717, 1.165) is 38.5 Å². The number of likely N-dealkylation sites (N-methyl/N-ethyl adjacent to an activating group) is 1. The highest BCUT2D eigenvalue weighted by atomic mass is 31.2. The van der Waals surface area contributed by atoms with Crippen LogP contribution >= 0.6 is 7.82 Å². The molecule has 0 heterocycles. The first kappa shape index (κ1) is 74.0.